The average molecular weight is 260 g/mol. The molecule has 0 heterocycles. The number of hydrogen-bond acceptors (Lipinski definition) is 4. The fourth-order valence-corrected chi connectivity index (χ4v) is 1.72. The summed E-state index contributed by atoms with van der Waals surface area (Å²) in [5.41, 5.74) is 0.0503. The summed E-state index contributed by atoms with van der Waals surface area (Å²) in [6.45, 7) is 13.6. The molecule has 0 amide bonds. The van der Waals surface area contributed by atoms with Crippen molar-refractivity contribution in [2.45, 2.75) is 58.7 Å². The van der Waals surface area contributed by atoms with Crippen LogP contribution in [0.2, 0.25) is 0 Å². The number of nitrogens with zero attached hydrogens (tertiary/aromatic N) is 1. The van der Waals surface area contributed by atoms with Crippen LogP contribution in [-0.4, -0.2) is 61.0 Å². The average Bonchev–Trinajstić information content (AvgIpc) is 2.30. The van der Waals surface area contributed by atoms with E-state index in [0.29, 0.717) is 25.7 Å². The summed E-state index contributed by atoms with van der Waals surface area (Å²) in [5, 5.41) is 13.4. The fraction of sp³-hybridized carbons (Fsp3) is 1.00. The minimum Gasteiger partial charge on any atom is -0.390 e. The molecule has 0 aromatic carbocycles. The van der Waals surface area contributed by atoms with E-state index in [-0.39, 0.29) is 11.6 Å². The van der Waals surface area contributed by atoms with Crippen LogP contribution in [0.4, 0.5) is 0 Å². The van der Waals surface area contributed by atoms with E-state index >= 15 is 0 Å². The van der Waals surface area contributed by atoms with Gasteiger partial charge < -0.3 is 15.2 Å². The van der Waals surface area contributed by atoms with Crippen LogP contribution in [0.15, 0.2) is 0 Å². The van der Waals surface area contributed by atoms with Crippen LogP contribution in [0.25, 0.3) is 0 Å². The Kier molecular flexibility index (Phi) is 8.78. The van der Waals surface area contributed by atoms with Crippen molar-refractivity contribution in [1.82, 2.24) is 10.2 Å². The highest BCUT2D eigenvalue weighted by molar-refractivity contribution is 4.76. The number of aliphatic hydroxyl groups is 1. The molecule has 110 valence electrons. The van der Waals surface area contributed by atoms with Gasteiger partial charge in [0.2, 0.25) is 0 Å². The van der Waals surface area contributed by atoms with Crippen molar-refractivity contribution in [3.05, 3.63) is 0 Å². The predicted molar refractivity (Wildman–Crippen MR) is 77.0 cm³/mol. The minimum atomic E-state index is -0.338. The summed E-state index contributed by atoms with van der Waals surface area (Å²) in [5.74, 6) is 0. The number of methoxy groups -OCH3 is 1. The molecule has 0 spiro atoms. The number of aliphatic hydroxyl groups excluding tert-OH is 1. The first-order chi connectivity index (χ1) is 8.30. The Hall–Kier alpha value is -0.160. The van der Waals surface area contributed by atoms with Crippen LogP contribution < -0.4 is 5.32 Å². The molecular formula is C14H32N2O2. The monoisotopic (exact) mass is 260 g/mol. The minimum absolute atomic E-state index is 0.0503. The quantitative estimate of drug-likeness (QED) is 0.659. The molecule has 2 N–H and O–H groups in total. The van der Waals surface area contributed by atoms with Crippen LogP contribution in [0.3, 0.4) is 0 Å². The zero-order valence-electron chi connectivity index (χ0n) is 13.0. The van der Waals surface area contributed by atoms with Gasteiger partial charge in [0, 0.05) is 38.3 Å². The van der Waals surface area contributed by atoms with E-state index in [1.54, 1.807) is 7.11 Å². The molecule has 4 heteroatoms. The molecule has 0 saturated carbocycles. The van der Waals surface area contributed by atoms with Gasteiger partial charge in [-0.1, -0.05) is 6.92 Å². The van der Waals surface area contributed by atoms with Crippen LogP contribution in [-0.2, 0) is 4.74 Å². The van der Waals surface area contributed by atoms with Crippen molar-refractivity contribution < 1.29 is 9.84 Å². The first-order valence-corrected chi connectivity index (χ1v) is 6.96. The van der Waals surface area contributed by atoms with Gasteiger partial charge in [0.15, 0.2) is 0 Å². The summed E-state index contributed by atoms with van der Waals surface area (Å²) in [7, 11) is 1.71. The van der Waals surface area contributed by atoms with Gasteiger partial charge in [-0.2, -0.15) is 0 Å². The first-order valence-electron chi connectivity index (χ1n) is 6.96. The van der Waals surface area contributed by atoms with Crippen molar-refractivity contribution in [2.24, 2.45) is 0 Å². The molecule has 4 nitrogen and oxygen atoms in total. The molecule has 0 aromatic heterocycles. The predicted octanol–water partition coefficient (Wildman–Crippen LogP) is 1.48. The highest BCUT2D eigenvalue weighted by Gasteiger charge is 2.18. The second-order valence-corrected chi connectivity index (χ2v) is 6.03. The van der Waals surface area contributed by atoms with E-state index in [4.69, 9.17) is 4.74 Å². The highest BCUT2D eigenvalue weighted by atomic mass is 16.5. The van der Waals surface area contributed by atoms with Crippen molar-refractivity contribution in [1.29, 1.82) is 0 Å². The Labute approximate surface area is 113 Å². The third-order valence-corrected chi connectivity index (χ3v) is 3.11. The Balaban J connectivity index is 4.13. The molecule has 0 aromatic rings. The van der Waals surface area contributed by atoms with E-state index in [9.17, 15) is 5.11 Å². The Morgan fingerprint density at radius 3 is 2.39 bits per heavy atom. The van der Waals surface area contributed by atoms with Crippen molar-refractivity contribution >= 4 is 0 Å². The zero-order valence-corrected chi connectivity index (χ0v) is 13.0. The molecule has 2 unspecified atom stereocenters. The van der Waals surface area contributed by atoms with E-state index in [0.717, 1.165) is 13.0 Å². The van der Waals surface area contributed by atoms with E-state index < -0.39 is 0 Å². The summed E-state index contributed by atoms with van der Waals surface area (Å²) in [4.78, 5) is 2.29. The van der Waals surface area contributed by atoms with Crippen molar-refractivity contribution in [2.75, 3.05) is 33.4 Å². The van der Waals surface area contributed by atoms with Gasteiger partial charge in [-0.15, -0.1) is 0 Å². The highest BCUT2D eigenvalue weighted by Crippen LogP contribution is 2.05. The molecular weight excluding hydrogens is 228 g/mol. The molecule has 0 radical (unpaired) electrons. The number of hydrogen-bond donors (Lipinski definition) is 2. The van der Waals surface area contributed by atoms with Crippen LogP contribution in [0.5, 0.6) is 0 Å². The lowest BCUT2D eigenvalue weighted by Gasteiger charge is -2.31. The number of nitrogens with one attached hydrogen (secondary N) is 1. The van der Waals surface area contributed by atoms with Crippen molar-refractivity contribution in [3.63, 3.8) is 0 Å². The van der Waals surface area contributed by atoms with Crippen LogP contribution >= 0.6 is 0 Å². The summed E-state index contributed by atoms with van der Waals surface area (Å²) < 4.78 is 5.12. The second kappa shape index (κ2) is 8.86. The molecule has 18 heavy (non-hydrogen) atoms. The number of ether oxygens (including phenoxy) is 1. The van der Waals surface area contributed by atoms with Gasteiger partial charge >= 0.3 is 0 Å². The van der Waals surface area contributed by atoms with Crippen LogP contribution in [0, 0.1) is 0 Å². The maximum atomic E-state index is 10.1. The summed E-state index contributed by atoms with van der Waals surface area (Å²) in [6.07, 6.45) is 0.749. The van der Waals surface area contributed by atoms with Gasteiger partial charge in [0.25, 0.3) is 0 Å². The zero-order chi connectivity index (χ0) is 14.2. The van der Waals surface area contributed by atoms with Gasteiger partial charge in [0.1, 0.15) is 0 Å². The normalized spacial score (nSPS) is 16.0. The Morgan fingerprint density at radius 2 is 1.94 bits per heavy atom. The van der Waals surface area contributed by atoms with Gasteiger partial charge in [-0.3, -0.25) is 4.90 Å². The SMILES string of the molecule is CCC(C)N(CCOC)CC(O)CNC(C)(C)C. The Bertz CT molecular complexity index is 204. The molecule has 2 atom stereocenters. The lowest BCUT2D eigenvalue weighted by atomic mass is 10.1. The topological polar surface area (TPSA) is 44.7 Å². The third-order valence-electron chi connectivity index (χ3n) is 3.11. The summed E-state index contributed by atoms with van der Waals surface area (Å²) in [6, 6.07) is 0.476. The molecule has 0 aliphatic heterocycles. The molecule has 0 saturated heterocycles. The lowest BCUT2D eigenvalue weighted by Crippen LogP contribution is -2.47. The van der Waals surface area contributed by atoms with E-state index in [1.165, 1.54) is 0 Å². The summed E-state index contributed by atoms with van der Waals surface area (Å²) >= 11 is 0. The maximum absolute atomic E-state index is 10.1. The standard InChI is InChI=1S/C14H32N2O2/c1-7-12(2)16(8-9-18-6)11-13(17)10-15-14(3,4)5/h12-13,15,17H,7-11H2,1-6H3. The number of β-amino-alcohol motifs (C(OH)–C–C–N with tert-alkyl or cyclic N) is 1. The molecule has 0 bridgehead atoms. The van der Waals surface area contributed by atoms with Gasteiger partial charge in [-0.05, 0) is 34.1 Å². The maximum Gasteiger partial charge on any atom is 0.0791 e. The first kappa shape index (κ1) is 17.8. The fourth-order valence-electron chi connectivity index (χ4n) is 1.72. The van der Waals surface area contributed by atoms with Gasteiger partial charge in [-0.25, -0.2) is 0 Å². The van der Waals surface area contributed by atoms with E-state index in [2.05, 4.69) is 44.8 Å². The molecule has 0 aliphatic rings. The smallest absolute Gasteiger partial charge is 0.0791 e. The number of rotatable bonds is 9. The molecule has 0 rings (SSSR count). The van der Waals surface area contributed by atoms with E-state index in [1.807, 2.05) is 0 Å². The lowest BCUT2D eigenvalue weighted by molar-refractivity contribution is 0.0639. The van der Waals surface area contributed by atoms with Crippen molar-refractivity contribution in [3.8, 4) is 0 Å². The van der Waals surface area contributed by atoms with Gasteiger partial charge in [0.05, 0.1) is 12.7 Å². The molecule has 0 fully saturated rings. The second-order valence-electron chi connectivity index (χ2n) is 6.03. The largest absolute Gasteiger partial charge is 0.390 e. The Morgan fingerprint density at radius 1 is 1.33 bits per heavy atom. The van der Waals surface area contributed by atoms with Crippen LogP contribution in [0.1, 0.15) is 41.0 Å². The third kappa shape index (κ3) is 8.86. The molecule has 0 aliphatic carbocycles.